The smallest absolute Gasteiger partial charge is 0.317 e. The van der Waals surface area contributed by atoms with Crippen molar-refractivity contribution < 1.29 is 9.90 Å². The molecule has 0 aliphatic carbocycles. The van der Waals surface area contributed by atoms with Crippen molar-refractivity contribution in [1.82, 2.24) is 4.90 Å². The molecule has 0 fully saturated rings. The van der Waals surface area contributed by atoms with Crippen LogP contribution in [0.3, 0.4) is 0 Å². The summed E-state index contributed by atoms with van der Waals surface area (Å²) in [5, 5.41) is 9.02. The molecule has 1 heterocycles. The Hall–Kier alpha value is -1.00. The molecule has 0 spiro atoms. The Bertz CT molecular complexity index is 448. The van der Waals surface area contributed by atoms with Gasteiger partial charge in [0, 0.05) is 29.7 Å². The molecule has 1 aliphatic heterocycles. The number of carboxylic acid groups (broad SMARTS) is 1. The molecule has 4 heteroatoms. The Morgan fingerprint density at radius 2 is 2.21 bits per heavy atom. The van der Waals surface area contributed by atoms with Crippen LogP contribution in [0.5, 0.6) is 0 Å². The minimum Gasteiger partial charge on any atom is -0.480 e. The van der Waals surface area contributed by atoms with Crippen LogP contribution in [0.1, 0.15) is 25.3 Å². The Kier molecular flexibility index (Phi) is 4.88. The van der Waals surface area contributed by atoms with Crippen LogP contribution in [0, 0.1) is 5.92 Å². The molecule has 1 aliphatic rings. The SMILES string of the molecule is CC(C)CN(CC(=O)O)CC1CSc2ccccc21. The summed E-state index contributed by atoms with van der Waals surface area (Å²) in [6, 6.07) is 8.47. The average molecular weight is 279 g/mol. The normalized spacial score (nSPS) is 18.0. The second kappa shape index (κ2) is 6.44. The fraction of sp³-hybridized carbons (Fsp3) is 0.533. The highest BCUT2D eigenvalue weighted by Crippen LogP contribution is 2.39. The third-order valence-electron chi connectivity index (χ3n) is 3.26. The molecule has 0 radical (unpaired) electrons. The molecule has 3 nitrogen and oxygen atoms in total. The van der Waals surface area contributed by atoms with E-state index in [9.17, 15) is 4.79 Å². The Balaban J connectivity index is 2.03. The number of hydrogen-bond donors (Lipinski definition) is 1. The van der Waals surface area contributed by atoms with Crippen molar-refractivity contribution in [3.05, 3.63) is 29.8 Å². The minimum absolute atomic E-state index is 0.140. The number of hydrogen-bond acceptors (Lipinski definition) is 3. The summed E-state index contributed by atoms with van der Waals surface area (Å²) in [5.74, 6) is 1.27. The number of aliphatic carboxylic acids is 1. The maximum atomic E-state index is 11.0. The highest BCUT2D eigenvalue weighted by atomic mass is 32.2. The lowest BCUT2D eigenvalue weighted by molar-refractivity contribution is -0.138. The topological polar surface area (TPSA) is 40.5 Å². The predicted molar refractivity (Wildman–Crippen MR) is 78.8 cm³/mol. The lowest BCUT2D eigenvalue weighted by Crippen LogP contribution is -2.36. The molecule has 1 aromatic rings. The van der Waals surface area contributed by atoms with Crippen LogP contribution in [-0.2, 0) is 4.79 Å². The van der Waals surface area contributed by atoms with Crippen molar-refractivity contribution in [2.24, 2.45) is 5.92 Å². The zero-order chi connectivity index (χ0) is 13.8. The van der Waals surface area contributed by atoms with Gasteiger partial charge in [-0.05, 0) is 17.5 Å². The molecule has 1 atom stereocenters. The third kappa shape index (κ3) is 3.98. The average Bonchev–Trinajstić information content (AvgIpc) is 2.71. The van der Waals surface area contributed by atoms with Gasteiger partial charge < -0.3 is 5.11 Å². The fourth-order valence-corrected chi connectivity index (χ4v) is 3.85. The lowest BCUT2D eigenvalue weighted by atomic mass is 10.0. The van der Waals surface area contributed by atoms with Crippen LogP contribution in [-0.4, -0.2) is 41.4 Å². The summed E-state index contributed by atoms with van der Waals surface area (Å²) < 4.78 is 0. The molecule has 0 saturated heterocycles. The van der Waals surface area contributed by atoms with Gasteiger partial charge in [-0.1, -0.05) is 32.0 Å². The molecule has 0 aromatic heterocycles. The second-order valence-electron chi connectivity index (χ2n) is 5.53. The first-order valence-corrected chi connectivity index (χ1v) is 7.70. The van der Waals surface area contributed by atoms with Crippen molar-refractivity contribution >= 4 is 17.7 Å². The number of carboxylic acids is 1. The molecule has 0 amide bonds. The van der Waals surface area contributed by atoms with Gasteiger partial charge in [0.05, 0.1) is 6.54 Å². The van der Waals surface area contributed by atoms with Gasteiger partial charge in [0.2, 0.25) is 0 Å². The number of rotatable bonds is 6. The molecule has 0 bridgehead atoms. The van der Waals surface area contributed by atoms with Crippen molar-refractivity contribution in [2.45, 2.75) is 24.7 Å². The summed E-state index contributed by atoms with van der Waals surface area (Å²) >= 11 is 1.88. The summed E-state index contributed by atoms with van der Waals surface area (Å²) in [5.41, 5.74) is 1.38. The van der Waals surface area contributed by atoms with Gasteiger partial charge in [-0.3, -0.25) is 9.69 Å². The van der Waals surface area contributed by atoms with Crippen molar-refractivity contribution in [3.63, 3.8) is 0 Å². The van der Waals surface area contributed by atoms with Crippen molar-refractivity contribution in [1.29, 1.82) is 0 Å². The van der Waals surface area contributed by atoms with Gasteiger partial charge in [0.25, 0.3) is 0 Å². The van der Waals surface area contributed by atoms with E-state index in [1.165, 1.54) is 10.5 Å². The van der Waals surface area contributed by atoms with Crippen molar-refractivity contribution in [3.8, 4) is 0 Å². The van der Waals surface area contributed by atoms with E-state index in [0.29, 0.717) is 11.8 Å². The third-order valence-corrected chi connectivity index (χ3v) is 4.51. The number of thioether (sulfide) groups is 1. The fourth-order valence-electron chi connectivity index (χ4n) is 2.60. The van der Waals surface area contributed by atoms with Crippen LogP contribution in [0.2, 0.25) is 0 Å². The van der Waals surface area contributed by atoms with Gasteiger partial charge in [0.15, 0.2) is 0 Å². The zero-order valence-corrected chi connectivity index (χ0v) is 12.3. The van der Waals surface area contributed by atoms with E-state index in [1.54, 1.807) is 0 Å². The van der Waals surface area contributed by atoms with E-state index in [1.807, 2.05) is 11.8 Å². The first kappa shape index (κ1) is 14.4. The maximum Gasteiger partial charge on any atom is 0.317 e. The number of benzene rings is 1. The highest BCUT2D eigenvalue weighted by molar-refractivity contribution is 7.99. The summed E-state index contributed by atoms with van der Waals surface area (Å²) in [6.07, 6.45) is 0. The quantitative estimate of drug-likeness (QED) is 0.869. The summed E-state index contributed by atoms with van der Waals surface area (Å²) in [4.78, 5) is 14.4. The monoisotopic (exact) mass is 279 g/mol. The highest BCUT2D eigenvalue weighted by Gasteiger charge is 2.25. The van der Waals surface area contributed by atoms with E-state index >= 15 is 0 Å². The molecular weight excluding hydrogens is 258 g/mol. The largest absolute Gasteiger partial charge is 0.480 e. The molecule has 1 aromatic carbocycles. The molecule has 1 N–H and O–H groups in total. The molecule has 19 heavy (non-hydrogen) atoms. The van der Waals surface area contributed by atoms with E-state index < -0.39 is 5.97 Å². The lowest BCUT2D eigenvalue weighted by Gasteiger charge is -2.25. The van der Waals surface area contributed by atoms with Gasteiger partial charge in [-0.15, -0.1) is 11.8 Å². The van der Waals surface area contributed by atoms with Crippen molar-refractivity contribution in [2.75, 3.05) is 25.4 Å². The van der Waals surface area contributed by atoms with Crippen LogP contribution in [0.4, 0.5) is 0 Å². The number of nitrogens with zero attached hydrogens (tertiary/aromatic N) is 1. The van der Waals surface area contributed by atoms with E-state index in [-0.39, 0.29) is 6.54 Å². The number of carbonyl (C=O) groups is 1. The molecular formula is C15H21NO2S. The van der Waals surface area contributed by atoms with Gasteiger partial charge >= 0.3 is 5.97 Å². The Morgan fingerprint density at radius 1 is 1.47 bits per heavy atom. The number of fused-ring (bicyclic) bond motifs is 1. The van der Waals surface area contributed by atoms with Crippen LogP contribution in [0.15, 0.2) is 29.2 Å². The van der Waals surface area contributed by atoms with Gasteiger partial charge in [0.1, 0.15) is 0 Å². The van der Waals surface area contributed by atoms with E-state index in [4.69, 9.17) is 5.11 Å². The first-order chi connectivity index (χ1) is 9.06. The standard InChI is InChI=1S/C15H21NO2S/c1-11(2)7-16(9-15(17)18)8-12-10-19-14-6-4-3-5-13(12)14/h3-6,11-12H,7-10H2,1-2H3,(H,17,18). The molecule has 0 saturated carbocycles. The van der Waals surface area contributed by atoms with E-state index in [2.05, 4.69) is 43.0 Å². The maximum absolute atomic E-state index is 11.0. The summed E-state index contributed by atoms with van der Waals surface area (Å²) in [7, 11) is 0. The Labute approximate surface area is 119 Å². The summed E-state index contributed by atoms with van der Waals surface area (Å²) in [6.45, 7) is 6.09. The first-order valence-electron chi connectivity index (χ1n) is 6.72. The Morgan fingerprint density at radius 3 is 2.89 bits per heavy atom. The van der Waals surface area contributed by atoms with Crippen LogP contribution >= 0.6 is 11.8 Å². The predicted octanol–water partition coefficient (Wildman–Crippen LogP) is 2.92. The van der Waals surface area contributed by atoms with Gasteiger partial charge in [-0.25, -0.2) is 0 Å². The van der Waals surface area contributed by atoms with E-state index in [0.717, 1.165) is 18.8 Å². The second-order valence-corrected chi connectivity index (χ2v) is 6.59. The molecule has 2 rings (SSSR count). The van der Waals surface area contributed by atoms with Crippen LogP contribution in [0.25, 0.3) is 0 Å². The zero-order valence-electron chi connectivity index (χ0n) is 11.5. The van der Waals surface area contributed by atoms with Crippen LogP contribution < -0.4 is 0 Å². The molecule has 104 valence electrons. The molecule has 1 unspecified atom stereocenters. The van der Waals surface area contributed by atoms with Gasteiger partial charge in [-0.2, -0.15) is 0 Å². The minimum atomic E-state index is -0.736.